The molecule has 0 fully saturated rings. The average Bonchev–Trinajstić information content (AvgIpc) is 2.04. The highest BCUT2D eigenvalue weighted by Crippen LogP contribution is 2.26. The van der Waals surface area contributed by atoms with E-state index in [1.807, 2.05) is 0 Å². The van der Waals surface area contributed by atoms with Crippen molar-refractivity contribution in [2.75, 3.05) is 0 Å². The van der Waals surface area contributed by atoms with Crippen molar-refractivity contribution in [3.63, 3.8) is 0 Å². The molecule has 0 aliphatic carbocycles. The molecule has 0 bridgehead atoms. The van der Waals surface area contributed by atoms with E-state index in [-0.39, 0.29) is 16.7 Å². The number of carbonyl (C=O) groups excluding carboxylic acids is 1. The van der Waals surface area contributed by atoms with Gasteiger partial charge in [-0.3, -0.25) is 4.79 Å². The number of hydrogen-bond acceptors (Lipinski definition) is 2. The van der Waals surface area contributed by atoms with Crippen LogP contribution in [0.3, 0.4) is 0 Å². The van der Waals surface area contributed by atoms with Crippen molar-refractivity contribution in [1.82, 2.24) is 4.98 Å². The molecule has 13 heavy (non-hydrogen) atoms. The third-order valence-electron chi connectivity index (χ3n) is 1.73. The number of aldehydes is 1. The maximum Gasteiger partial charge on any atom is 0.265 e. The van der Waals surface area contributed by atoms with Crippen LogP contribution in [0.25, 0.3) is 0 Å². The molecule has 0 unspecified atom stereocenters. The summed E-state index contributed by atoms with van der Waals surface area (Å²) in [6.07, 6.45) is -1.02. The second kappa shape index (κ2) is 3.91. The Morgan fingerprint density at radius 2 is 2.23 bits per heavy atom. The Balaban J connectivity index is 3.35. The molecule has 1 aromatic heterocycles. The second-order valence-electron chi connectivity index (χ2n) is 2.46. The van der Waals surface area contributed by atoms with Crippen LogP contribution < -0.4 is 0 Å². The SMILES string of the molecule is Cc1c(C(F)F)cnc(Br)c1C=O. The van der Waals surface area contributed by atoms with Crippen molar-refractivity contribution in [2.45, 2.75) is 13.3 Å². The van der Waals surface area contributed by atoms with E-state index in [2.05, 4.69) is 20.9 Å². The Kier molecular flexibility index (Phi) is 3.08. The van der Waals surface area contributed by atoms with Gasteiger partial charge in [-0.1, -0.05) is 0 Å². The van der Waals surface area contributed by atoms with Gasteiger partial charge in [-0.2, -0.15) is 0 Å². The summed E-state index contributed by atoms with van der Waals surface area (Å²) in [6.45, 7) is 1.47. The number of nitrogens with zero attached hydrogens (tertiary/aromatic N) is 1. The third kappa shape index (κ3) is 1.91. The second-order valence-corrected chi connectivity index (χ2v) is 3.21. The van der Waals surface area contributed by atoms with Crippen molar-refractivity contribution in [2.24, 2.45) is 0 Å². The molecule has 0 spiro atoms. The smallest absolute Gasteiger partial charge is 0.265 e. The Bertz CT molecular complexity index is 341. The minimum absolute atomic E-state index is 0.179. The molecular formula is C8H6BrF2NO. The number of rotatable bonds is 2. The number of hydrogen-bond donors (Lipinski definition) is 0. The molecule has 0 aliphatic heterocycles. The molecule has 0 N–H and O–H groups in total. The van der Waals surface area contributed by atoms with Crippen LogP contribution in [0.1, 0.15) is 27.9 Å². The van der Waals surface area contributed by atoms with Gasteiger partial charge >= 0.3 is 0 Å². The topological polar surface area (TPSA) is 30.0 Å². The quantitative estimate of drug-likeness (QED) is 0.596. The van der Waals surface area contributed by atoms with Gasteiger partial charge in [0.25, 0.3) is 6.43 Å². The van der Waals surface area contributed by atoms with E-state index < -0.39 is 6.43 Å². The predicted molar refractivity (Wildman–Crippen MR) is 47.0 cm³/mol. The predicted octanol–water partition coefficient (Wildman–Crippen LogP) is 2.90. The fraction of sp³-hybridized carbons (Fsp3) is 0.250. The molecule has 0 saturated carbocycles. The Labute approximate surface area is 82.1 Å². The van der Waals surface area contributed by atoms with Gasteiger partial charge in [0.1, 0.15) is 4.60 Å². The average molecular weight is 250 g/mol. The summed E-state index contributed by atoms with van der Waals surface area (Å²) in [5.74, 6) is 0. The molecule has 5 heteroatoms. The largest absolute Gasteiger partial charge is 0.298 e. The van der Waals surface area contributed by atoms with Crippen LogP contribution in [0, 0.1) is 6.92 Å². The number of carbonyl (C=O) groups is 1. The minimum atomic E-state index is -2.60. The van der Waals surface area contributed by atoms with E-state index in [1.54, 1.807) is 0 Å². The van der Waals surface area contributed by atoms with Gasteiger partial charge in [0.05, 0.1) is 5.56 Å². The van der Waals surface area contributed by atoms with E-state index in [1.165, 1.54) is 6.92 Å². The first-order chi connectivity index (χ1) is 6.07. The van der Waals surface area contributed by atoms with E-state index in [0.717, 1.165) is 6.20 Å². The minimum Gasteiger partial charge on any atom is -0.298 e. The lowest BCUT2D eigenvalue weighted by molar-refractivity contribution is 0.112. The summed E-state index contributed by atoms with van der Waals surface area (Å²) >= 11 is 3.00. The summed E-state index contributed by atoms with van der Waals surface area (Å²) in [5, 5.41) is 0. The normalized spacial score (nSPS) is 10.5. The molecule has 0 atom stereocenters. The van der Waals surface area contributed by atoms with Crippen molar-refractivity contribution >= 4 is 22.2 Å². The van der Waals surface area contributed by atoms with E-state index in [0.29, 0.717) is 10.9 Å². The Morgan fingerprint density at radius 3 is 2.69 bits per heavy atom. The molecule has 1 rings (SSSR count). The van der Waals surface area contributed by atoms with Gasteiger partial charge in [0.2, 0.25) is 0 Å². The van der Waals surface area contributed by atoms with Gasteiger partial charge < -0.3 is 0 Å². The standard InChI is InChI=1S/C8H6BrF2NO/c1-4-5(8(10)11)2-12-7(9)6(4)3-13/h2-3,8H,1H3. The van der Waals surface area contributed by atoms with Gasteiger partial charge in [0, 0.05) is 11.8 Å². The first-order valence-corrected chi connectivity index (χ1v) is 4.25. The van der Waals surface area contributed by atoms with Gasteiger partial charge in [-0.15, -0.1) is 0 Å². The van der Waals surface area contributed by atoms with Crippen LogP contribution in [0.5, 0.6) is 0 Å². The molecule has 0 radical (unpaired) electrons. The monoisotopic (exact) mass is 249 g/mol. The fourth-order valence-corrected chi connectivity index (χ4v) is 1.45. The fourth-order valence-electron chi connectivity index (χ4n) is 0.960. The van der Waals surface area contributed by atoms with Crippen LogP contribution in [-0.2, 0) is 0 Å². The van der Waals surface area contributed by atoms with E-state index >= 15 is 0 Å². The molecule has 1 aromatic rings. The highest BCUT2D eigenvalue weighted by molar-refractivity contribution is 9.10. The van der Waals surface area contributed by atoms with Crippen molar-refractivity contribution in [3.8, 4) is 0 Å². The van der Waals surface area contributed by atoms with Crippen LogP contribution in [0.4, 0.5) is 8.78 Å². The number of pyridine rings is 1. The van der Waals surface area contributed by atoms with E-state index in [4.69, 9.17) is 0 Å². The van der Waals surface area contributed by atoms with Gasteiger partial charge in [-0.25, -0.2) is 13.8 Å². The highest BCUT2D eigenvalue weighted by atomic mass is 79.9. The molecular weight excluding hydrogens is 244 g/mol. The summed E-state index contributed by atoms with van der Waals surface area (Å²) in [5.41, 5.74) is 0.245. The van der Waals surface area contributed by atoms with Gasteiger partial charge in [0.15, 0.2) is 6.29 Å². The molecule has 0 aliphatic rings. The molecule has 2 nitrogen and oxygen atoms in total. The number of aromatic nitrogens is 1. The lowest BCUT2D eigenvalue weighted by Crippen LogP contribution is -1.98. The maximum absolute atomic E-state index is 12.3. The lowest BCUT2D eigenvalue weighted by atomic mass is 10.1. The first kappa shape index (κ1) is 10.2. The lowest BCUT2D eigenvalue weighted by Gasteiger charge is -2.06. The number of alkyl halides is 2. The molecule has 0 saturated heterocycles. The van der Waals surface area contributed by atoms with Crippen molar-refractivity contribution < 1.29 is 13.6 Å². The van der Waals surface area contributed by atoms with Gasteiger partial charge in [-0.05, 0) is 28.4 Å². The third-order valence-corrected chi connectivity index (χ3v) is 2.36. The zero-order chi connectivity index (χ0) is 10.0. The number of halogens is 3. The Morgan fingerprint density at radius 1 is 1.62 bits per heavy atom. The van der Waals surface area contributed by atoms with Crippen molar-refractivity contribution in [1.29, 1.82) is 0 Å². The van der Waals surface area contributed by atoms with Crippen LogP contribution in [-0.4, -0.2) is 11.3 Å². The first-order valence-electron chi connectivity index (χ1n) is 3.46. The molecule has 1 heterocycles. The summed E-state index contributed by atoms with van der Waals surface area (Å²) < 4.78 is 24.9. The molecule has 0 amide bonds. The Hall–Kier alpha value is -0.840. The molecule has 70 valence electrons. The zero-order valence-corrected chi connectivity index (χ0v) is 8.31. The van der Waals surface area contributed by atoms with E-state index in [9.17, 15) is 13.6 Å². The highest BCUT2D eigenvalue weighted by Gasteiger charge is 2.15. The van der Waals surface area contributed by atoms with Crippen molar-refractivity contribution in [3.05, 3.63) is 27.5 Å². The van der Waals surface area contributed by atoms with Crippen LogP contribution in [0.2, 0.25) is 0 Å². The maximum atomic E-state index is 12.3. The van der Waals surface area contributed by atoms with Crippen LogP contribution in [0.15, 0.2) is 10.8 Å². The zero-order valence-electron chi connectivity index (χ0n) is 6.72. The summed E-state index contributed by atoms with van der Waals surface area (Å²) in [4.78, 5) is 14.1. The van der Waals surface area contributed by atoms with Crippen LogP contribution >= 0.6 is 15.9 Å². The summed E-state index contributed by atoms with van der Waals surface area (Å²) in [7, 11) is 0. The summed E-state index contributed by atoms with van der Waals surface area (Å²) in [6, 6.07) is 0. The molecule has 0 aromatic carbocycles.